The molecule has 0 spiro atoms. The minimum absolute atomic E-state index is 0.165. The van der Waals surface area contributed by atoms with Gasteiger partial charge >= 0.3 is 0 Å². The fourth-order valence-corrected chi connectivity index (χ4v) is 3.57. The highest BCUT2D eigenvalue weighted by Crippen LogP contribution is 2.24. The van der Waals surface area contributed by atoms with Crippen molar-refractivity contribution in [3.05, 3.63) is 77.1 Å². The molecule has 0 saturated heterocycles. The van der Waals surface area contributed by atoms with Gasteiger partial charge in [-0.3, -0.25) is 14.2 Å². The fourth-order valence-electron chi connectivity index (χ4n) is 2.65. The second-order valence-corrected chi connectivity index (χ2v) is 7.37. The quantitative estimate of drug-likeness (QED) is 0.395. The fraction of sp³-hybridized carbons (Fsp3) is 0.143. The van der Waals surface area contributed by atoms with Gasteiger partial charge in [-0.05, 0) is 37.3 Å². The first-order valence-corrected chi connectivity index (χ1v) is 9.49. The number of para-hydroxylation sites is 1. The van der Waals surface area contributed by atoms with E-state index in [0.717, 1.165) is 0 Å². The van der Waals surface area contributed by atoms with Crippen LogP contribution in [0.1, 0.15) is 12.5 Å². The molecule has 0 bridgehead atoms. The van der Waals surface area contributed by atoms with Crippen molar-refractivity contribution in [2.45, 2.75) is 23.9 Å². The molecule has 1 amide bonds. The molecule has 3 rings (SSSR count). The van der Waals surface area contributed by atoms with Crippen LogP contribution >= 0.6 is 11.8 Å². The number of fused-ring (bicyclic) bond motifs is 1. The van der Waals surface area contributed by atoms with Gasteiger partial charge in [-0.1, -0.05) is 36.0 Å². The maximum absolute atomic E-state index is 12.8. The van der Waals surface area contributed by atoms with Crippen molar-refractivity contribution >= 4 is 34.3 Å². The first kappa shape index (κ1) is 19.4. The number of nitrogens with zero attached hydrogens (tertiary/aromatic N) is 3. The maximum Gasteiger partial charge on any atom is 0.262 e. The number of nitrogens with one attached hydrogen (secondary N) is 1. The van der Waals surface area contributed by atoms with Crippen LogP contribution in [0.15, 0.2) is 71.1 Å². The number of carbonyl (C=O) groups excluding carboxylic acids is 1. The monoisotopic (exact) mass is 390 g/mol. The van der Waals surface area contributed by atoms with Gasteiger partial charge in [-0.15, -0.1) is 6.58 Å². The van der Waals surface area contributed by atoms with Crippen LogP contribution in [0.4, 0.5) is 5.69 Å². The Kier molecular flexibility index (Phi) is 5.92. The van der Waals surface area contributed by atoms with Gasteiger partial charge in [-0.2, -0.15) is 5.26 Å². The van der Waals surface area contributed by atoms with E-state index in [1.165, 1.54) is 16.3 Å². The van der Waals surface area contributed by atoms with Crippen LogP contribution in [0, 0.1) is 11.3 Å². The average molecular weight is 390 g/mol. The highest BCUT2D eigenvalue weighted by molar-refractivity contribution is 8.00. The first-order chi connectivity index (χ1) is 13.5. The summed E-state index contributed by atoms with van der Waals surface area (Å²) in [7, 11) is 0. The molecule has 3 aromatic rings. The largest absolute Gasteiger partial charge is 0.325 e. The van der Waals surface area contributed by atoms with Gasteiger partial charge < -0.3 is 5.32 Å². The molecule has 6 nitrogen and oxygen atoms in total. The Labute approximate surface area is 166 Å². The van der Waals surface area contributed by atoms with Crippen molar-refractivity contribution in [2.75, 3.05) is 5.32 Å². The standard InChI is InChI=1S/C21H18N4O2S/c1-3-11-25-20(27)17-9-4-5-10-18(17)24-21(25)28-14(2)19(26)23-16-8-6-7-15(12-16)13-22/h3-10,12,14H,1,11H2,2H3,(H,23,26). The van der Waals surface area contributed by atoms with Crippen molar-refractivity contribution in [3.63, 3.8) is 0 Å². The van der Waals surface area contributed by atoms with Crippen molar-refractivity contribution in [1.82, 2.24) is 9.55 Å². The summed E-state index contributed by atoms with van der Waals surface area (Å²) in [6.07, 6.45) is 1.63. The minimum atomic E-state index is -0.505. The van der Waals surface area contributed by atoms with Crippen LogP contribution in [0.2, 0.25) is 0 Å². The maximum atomic E-state index is 12.8. The summed E-state index contributed by atoms with van der Waals surface area (Å²) in [5.74, 6) is -0.243. The van der Waals surface area contributed by atoms with E-state index in [0.29, 0.717) is 33.9 Å². The number of nitriles is 1. The smallest absolute Gasteiger partial charge is 0.262 e. The molecule has 0 fully saturated rings. The van der Waals surface area contributed by atoms with Gasteiger partial charge in [0.1, 0.15) is 0 Å². The first-order valence-electron chi connectivity index (χ1n) is 8.61. The Morgan fingerprint density at radius 1 is 1.36 bits per heavy atom. The number of hydrogen-bond donors (Lipinski definition) is 1. The lowest BCUT2D eigenvalue weighted by Gasteiger charge is -2.15. The van der Waals surface area contributed by atoms with Gasteiger partial charge in [0.05, 0.1) is 27.8 Å². The number of benzene rings is 2. The number of carbonyl (C=O) groups is 1. The number of allylic oxidation sites excluding steroid dienone is 1. The molecule has 1 N–H and O–H groups in total. The van der Waals surface area contributed by atoms with E-state index >= 15 is 0 Å². The lowest BCUT2D eigenvalue weighted by Crippen LogP contribution is -2.26. The summed E-state index contributed by atoms with van der Waals surface area (Å²) >= 11 is 1.20. The Balaban J connectivity index is 1.87. The zero-order valence-electron chi connectivity index (χ0n) is 15.3. The normalized spacial score (nSPS) is 11.6. The van der Waals surface area contributed by atoms with E-state index in [9.17, 15) is 9.59 Å². The molecule has 28 heavy (non-hydrogen) atoms. The van der Waals surface area contributed by atoms with Crippen LogP contribution in [0.25, 0.3) is 10.9 Å². The van der Waals surface area contributed by atoms with Gasteiger partial charge in [0.2, 0.25) is 5.91 Å². The van der Waals surface area contributed by atoms with E-state index < -0.39 is 5.25 Å². The second kappa shape index (κ2) is 8.55. The number of hydrogen-bond acceptors (Lipinski definition) is 5. The summed E-state index contributed by atoms with van der Waals surface area (Å²) < 4.78 is 1.51. The topological polar surface area (TPSA) is 87.8 Å². The SMILES string of the molecule is C=CCn1c(SC(C)C(=O)Nc2cccc(C#N)c2)nc2ccccc2c1=O. The Morgan fingerprint density at radius 2 is 2.14 bits per heavy atom. The molecule has 0 radical (unpaired) electrons. The molecule has 1 unspecified atom stereocenters. The summed E-state index contributed by atoms with van der Waals surface area (Å²) in [6, 6.07) is 15.9. The van der Waals surface area contributed by atoms with Crippen molar-refractivity contribution < 1.29 is 4.79 Å². The van der Waals surface area contributed by atoms with Gasteiger partial charge in [0, 0.05) is 12.2 Å². The van der Waals surface area contributed by atoms with E-state index in [1.807, 2.05) is 12.1 Å². The third-order valence-electron chi connectivity index (χ3n) is 4.05. The number of aromatic nitrogens is 2. The summed E-state index contributed by atoms with van der Waals surface area (Å²) in [5, 5.41) is 12.2. The zero-order valence-corrected chi connectivity index (χ0v) is 16.1. The van der Waals surface area contributed by atoms with E-state index in [-0.39, 0.29) is 11.5 Å². The van der Waals surface area contributed by atoms with Gasteiger partial charge in [0.15, 0.2) is 5.16 Å². The third-order valence-corrected chi connectivity index (χ3v) is 5.14. The average Bonchev–Trinajstić information content (AvgIpc) is 2.71. The molecule has 0 aliphatic heterocycles. The van der Waals surface area contributed by atoms with Crippen LogP contribution in [0.3, 0.4) is 0 Å². The van der Waals surface area contributed by atoms with E-state index in [2.05, 4.69) is 16.9 Å². The molecule has 140 valence electrons. The molecular formula is C21H18N4O2S. The lowest BCUT2D eigenvalue weighted by molar-refractivity contribution is -0.115. The molecular weight excluding hydrogens is 372 g/mol. The molecule has 1 atom stereocenters. The number of anilines is 1. The van der Waals surface area contributed by atoms with Gasteiger partial charge in [0.25, 0.3) is 5.56 Å². The van der Waals surface area contributed by atoms with Crippen LogP contribution in [0.5, 0.6) is 0 Å². The minimum Gasteiger partial charge on any atom is -0.325 e. The predicted molar refractivity (Wildman–Crippen MR) is 111 cm³/mol. The second-order valence-electron chi connectivity index (χ2n) is 6.06. The third kappa shape index (κ3) is 4.13. The molecule has 0 saturated carbocycles. The van der Waals surface area contributed by atoms with Crippen molar-refractivity contribution in [2.24, 2.45) is 0 Å². The molecule has 2 aromatic carbocycles. The molecule has 1 heterocycles. The van der Waals surface area contributed by atoms with Gasteiger partial charge in [-0.25, -0.2) is 4.98 Å². The lowest BCUT2D eigenvalue weighted by atomic mass is 10.2. The van der Waals surface area contributed by atoms with E-state index in [4.69, 9.17) is 5.26 Å². The predicted octanol–water partition coefficient (Wildman–Crippen LogP) is 3.57. The van der Waals surface area contributed by atoms with E-state index in [1.54, 1.807) is 55.5 Å². The Hall–Kier alpha value is -3.37. The Morgan fingerprint density at radius 3 is 2.89 bits per heavy atom. The summed E-state index contributed by atoms with van der Waals surface area (Å²) in [5.41, 5.74) is 1.44. The van der Waals surface area contributed by atoms with Crippen LogP contribution in [-0.4, -0.2) is 20.7 Å². The number of thioether (sulfide) groups is 1. The highest BCUT2D eigenvalue weighted by Gasteiger charge is 2.19. The van der Waals surface area contributed by atoms with Crippen LogP contribution in [-0.2, 0) is 11.3 Å². The van der Waals surface area contributed by atoms with Crippen molar-refractivity contribution in [1.29, 1.82) is 5.26 Å². The highest BCUT2D eigenvalue weighted by atomic mass is 32.2. The summed E-state index contributed by atoms with van der Waals surface area (Å²) in [6.45, 7) is 5.75. The zero-order chi connectivity index (χ0) is 20.1. The number of amides is 1. The molecule has 0 aliphatic carbocycles. The Bertz CT molecular complexity index is 1150. The number of rotatable bonds is 6. The van der Waals surface area contributed by atoms with Crippen LogP contribution < -0.4 is 10.9 Å². The molecule has 7 heteroatoms. The summed E-state index contributed by atoms with van der Waals surface area (Å²) in [4.78, 5) is 29.9. The molecule has 1 aromatic heterocycles. The van der Waals surface area contributed by atoms with Crippen molar-refractivity contribution in [3.8, 4) is 6.07 Å². The molecule has 0 aliphatic rings.